The normalized spacial score (nSPS) is 30.3. The van der Waals surface area contributed by atoms with Gasteiger partial charge in [-0.05, 0) is 12.3 Å². The summed E-state index contributed by atoms with van der Waals surface area (Å²) in [4.78, 5) is 10.9. The first-order chi connectivity index (χ1) is 7.07. The van der Waals surface area contributed by atoms with Crippen molar-refractivity contribution in [3.8, 4) is 0 Å². The molecule has 0 unspecified atom stereocenters. The van der Waals surface area contributed by atoms with Crippen LogP contribution in [0.1, 0.15) is 39.5 Å². The maximum absolute atomic E-state index is 10.9. The SMILES string of the molecule is CCCCC[C@@H]1NC(=N)[C@H](C(=O)O)[C@@H]1C. The van der Waals surface area contributed by atoms with E-state index in [1.165, 1.54) is 12.8 Å². The standard InChI is InChI=1S/C11H20N2O2/c1-3-4-5-6-8-7(2)9(11(14)15)10(12)13-8/h7-9H,3-6H2,1-2H3,(H2,12,13)(H,14,15)/t7-,8+,9-/m1/s1. The summed E-state index contributed by atoms with van der Waals surface area (Å²) in [6.45, 7) is 4.07. The first-order valence-electron chi connectivity index (χ1n) is 5.65. The van der Waals surface area contributed by atoms with Crippen LogP contribution < -0.4 is 5.32 Å². The van der Waals surface area contributed by atoms with E-state index in [-0.39, 0.29) is 17.8 Å². The molecule has 1 saturated heterocycles. The van der Waals surface area contributed by atoms with Gasteiger partial charge in [0.2, 0.25) is 0 Å². The van der Waals surface area contributed by atoms with Gasteiger partial charge >= 0.3 is 5.97 Å². The van der Waals surface area contributed by atoms with Gasteiger partial charge in [-0.3, -0.25) is 10.2 Å². The van der Waals surface area contributed by atoms with E-state index in [2.05, 4.69) is 12.2 Å². The van der Waals surface area contributed by atoms with Gasteiger partial charge in [-0.15, -0.1) is 0 Å². The van der Waals surface area contributed by atoms with Crippen molar-refractivity contribution >= 4 is 11.8 Å². The highest BCUT2D eigenvalue weighted by atomic mass is 16.4. The number of aliphatic carboxylic acids is 1. The summed E-state index contributed by atoms with van der Waals surface area (Å²) in [6.07, 6.45) is 4.43. The Morgan fingerprint density at radius 2 is 2.20 bits per heavy atom. The van der Waals surface area contributed by atoms with Gasteiger partial charge in [0.1, 0.15) is 11.8 Å². The van der Waals surface area contributed by atoms with Gasteiger partial charge in [-0.2, -0.15) is 0 Å². The second kappa shape index (κ2) is 5.14. The molecule has 86 valence electrons. The first kappa shape index (κ1) is 12.0. The fourth-order valence-corrected chi connectivity index (χ4v) is 2.21. The molecule has 4 nitrogen and oxygen atoms in total. The van der Waals surface area contributed by atoms with Crippen LogP contribution in [0.4, 0.5) is 0 Å². The smallest absolute Gasteiger partial charge is 0.314 e. The van der Waals surface area contributed by atoms with E-state index in [0.717, 1.165) is 12.8 Å². The number of carboxylic acid groups (broad SMARTS) is 1. The molecule has 3 atom stereocenters. The molecule has 0 saturated carbocycles. The van der Waals surface area contributed by atoms with E-state index in [0.29, 0.717) is 0 Å². The van der Waals surface area contributed by atoms with Crippen LogP contribution in [0.2, 0.25) is 0 Å². The minimum atomic E-state index is -0.877. The summed E-state index contributed by atoms with van der Waals surface area (Å²) >= 11 is 0. The maximum atomic E-state index is 10.9. The predicted octanol–water partition coefficient (Wildman–Crippen LogP) is 1.85. The molecule has 0 radical (unpaired) electrons. The average molecular weight is 212 g/mol. The minimum Gasteiger partial charge on any atom is -0.481 e. The molecule has 3 N–H and O–H groups in total. The first-order valence-corrected chi connectivity index (χ1v) is 5.65. The van der Waals surface area contributed by atoms with Crippen molar-refractivity contribution in [3.05, 3.63) is 0 Å². The summed E-state index contributed by atoms with van der Waals surface area (Å²) in [5, 5.41) is 19.5. The lowest BCUT2D eigenvalue weighted by Gasteiger charge is -2.16. The second-order valence-electron chi connectivity index (χ2n) is 4.34. The van der Waals surface area contributed by atoms with Crippen molar-refractivity contribution in [2.75, 3.05) is 0 Å². The molecule has 0 aromatic rings. The fourth-order valence-electron chi connectivity index (χ4n) is 2.21. The molecule has 1 fully saturated rings. The van der Waals surface area contributed by atoms with Gasteiger partial charge in [0.05, 0.1) is 0 Å². The van der Waals surface area contributed by atoms with Crippen LogP contribution >= 0.6 is 0 Å². The van der Waals surface area contributed by atoms with E-state index in [1.54, 1.807) is 0 Å². The van der Waals surface area contributed by atoms with Gasteiger partial charge < -0.3 is 10.4 Å². The van der Waals surface area contributed by atoms with Crippen LogP contribution in [0, 0.1) is 17.2 Å². The van der Waals surface area contributed by atoms with Crippen molar-refractivity contribution in [1.29, 1.82) is 5.41 Å². The molecule has 0 aliphatic carbocycles. The molecule has 1 rings (SSSR count). The molecule has 0 aromatic heterocycles. The summed E-state index contributed by atoms with van der Waals surface area (Å²) in [6, 6.07) is 0.171. The number of hydrogen-bond acceptors (Lipinski definition) is 2. The average Bonchev–Trinajstić information content (AvgIpc) is 2.42. The molecule has 0 spiro atoms. The molecule has 4 heteroatoms. The van der Waals surface area contributed by atoms with Gasteiger partial charge in [0.25, 0.3) is 0 Å². The van der Waals surface area contributed by atoms with E-state index < -0.39 is 11.9 Å². The van der Waals surface area contributed by atoms with Gasteiger partial charge in [0, 0.05) is 6.04 Å². The molecule has 15 heavy (non-hydrogen) atoms. The lowest BCUT2D eigenvalue weighted by molar-refractivity contribution is -0.140. The van der Waals surface area contributed by atoms with Crippen LogP contribution in [-0.2, 0) is 4.79 Å². The lowest BCUT2D eigenvalue weighted by atomic mass is 9.89. The zero-order valence-corrected chi connectivity index (χ0v) is 9.42. The number of hydrogen-bond donors (Lipinski definition) is 3. The monoisotopic (exact) mass is 212 g/mol. The molecule has 1 aliphatic heterocycles. The lowest BCUT2D eigenvalue weighted by Crippen LogP contribution is -2.27. The number of nitrogens with one attached hydrogen (secondary N) is 2. The Hall–Kier alpha value is -1.06. The van der Waals surface area contributed by atoms with Crippen LogP contribution in [0.3, 0.4) is 0 Å². The fraction of sp³-hybridized carbons (Fsp3) is 0.818. The largest absolute Gasteiger partial charge is 0.481 e. The molecule has 1 aliphatic rings. The number of amidine groups is 1. The van der Waals surface area contributed by atoms with E-state index in [9.17, 15) is 4.79 Å². The molecular weight excluding hydrogens is 192 g/mol. The zero-order chi connectivity index (χ0) is 11.4. The van der Waals surface area contributed by atoms with Crippen molar-refractivity contribution in [3.63, 3.8) is 0 Å². The van der Waals surface area contributed by atoms with Gasteiger partial charge in [-0.1, -0.05) is 33.1 Å². The Labute approximate surface area is 90.6 Å². The van der Waals surface area contributed by atoms with Crippen molar-refractivity contribution < 1.29 is 9.90 Å². The van der Waals surface area contributed by atoms with Crippen molar-refractivity contribution in [2.45, 2.75) is 45.6 Å². The van der Waals surface area contributed by atoms with Crippen molar-refractivity contribution in [1.82, 2.24) is 5.32 Å². The minimum absolute atomic E-state index is 0.0341. The summed E-state index contributed by atoms with van der Waals surface area (Å²) in [5.41, 5.74) is 0. The van der Waals surface area contributed by atoms with Crippen LogP contribution in [0.5, 0.6) is 0 Å². The zero-order valence-electron chi connectivity index (χ0n) is 9.42. The third kappa shape index (κ3) is 2.70. The summed E-state index contributed by atoms with van der Waals surface area (Å²) < 4.78 is 0. The second-order valence-corrected chi connectivity index (χ2v) is 4.34. The third-order valence-corrected chi connectivity index (χ3v) is 3.20. The summed E-state index contributed by atoms with van der Waals surface area (Å²) in [5.74, 6) is -1.29. The predicted molar refractivity (Wildman–Crippen MR) is 59.1 cm³/mol. The molecular formula is C11H20N2O2. The molecule has 0 amide bonds. The van der Waals surface area contributed by atoms with Crippen LogP contribution in [-0.4, -0.2) is 23.0 Å². The quantitative estimate of drug-likeness (QED) is 0.609. The number of carbonyl (C=O) groups is 1. The number of rotatable bonds is 5. The summed E-state index contributed by atoms with van der Waals surface area (Å²) in [7, 11) is 0. The van der Waals surface area contributed by atoms with E-state index >= 15 is 0 Å². The van der Waals surface area contributed by atoms with Crippen LogP contribution in [0.15, 0.2) is 0 Å². The highest BCUT2D eigenvalue weighted by molar-refractivity contribution is 6.00. The Morgan fingerprint density at radius 3 is 2.67 bits per heavy atom. The highest BCUT2D eigenvalue weighted by Crippen LogP contribution is 2.26. The Balaban J connectivity index is 2.49. The maximum Gasteiger partial charge on any atom is 0.314 e. The Kier molecular flexibility index (Phi) is 4.12. The molecule has 1 heterocycles. The van der Waals surface area contributed by atoms with Gasteiger partial charge in [0.15, 0.2) is 0 Å². The molecule has 0 bridgehead atoms. The highest BCUT2D eigenvalue weighted by Gasteiger charge is 2.40. The van der Waals surface area contributed by atoms with Crippen LogP contribution in [0.25, 0.3) is 0 Å². The Morgan fingerprint density at radius 1 is 1.53 bits per heavy atom. The van der Waals surface area contributed by atoms with Gasteiger partial charge in [-0.25, -0.2) is 0 Å². The third-order valence-electron chi connectivity index (χ3n) is 3.20. The topological polar surface area (TPSA) is 73.2 Å². The van der Waals surface area contributed by atoms with Crippen molar-refractivity contribution in [2.24, 2.45) is 11.8 Å². The molecule has 0 aromatic carbocycles. The number of unbranched alkanes of at least 4 members (excludes halogenated alkanes) is 2. The Bertz CT molecular complexity index is 253. The van der Waals surface area contributed by atoms with E-state index in [1.807, 2.05) is 6.92 Å². The number of carboxylic acids is 1. The van der Waals surface area contributed by atoms with E-state index in [4.69, 9.17) is 10.5 Å².